The molecule has 0 aliphatic rings. The van der Waals surface area contributed by atoms with Crippen LogP contribution in [0.15, 0.2) is 53.6 Å². The molecule has 1 amide bonds. The lowest BCUT2D eigenvalue weighted by Crippen LogP contribution is -2.25. The molecule has 5 nitrogen and oxygen atoms in total. The molecule has 0 bridgehead atoms. The van der Waals surface area contributed by atoms with Gasteiger partial charge in [-0.1, -0.05) is 6.07 Å². The third kappa shape index (κ3) is 6.25. The van der Waals surface area contributed by atoms with Crippen LogP contribution >= 0.6 is 0 Å². The average molecular weight is 344 g/mol. The molecule has 0 heterocycles. The Labute approximate surface area is 146 Å². The van der Waals surface area contributed by atoms with Gasteiger partial charge in [-0.25, -0.2) is 9.82 Å². The highest BCUT2D eigenvalue weighted by Gasteiger charge is 2.04. The molecule has 0 radical (unpaired) electrons. The summed E-state index contributed by atoms with van der Waals surface area (Å²) in [5, 5.41) is 4.04. The smallest absolute Gasteiger partial charge is 0.277 e. The number of ether oxygens (including phenoxy) is 2. The van der Waals surface area contributed by atoms with Gasteiger partial charge >= 0.3 is 0 Å². The fraction of sp³-hybridized carbons (Fsp3) is 0.263. The molecule has 2 aromatic rings. The van der Waals surface area contributed by atoms with Crippen LogP contribution in [0.2, 0.25) is 0 Å². The molecule has 6 heteroatoms. The minimum atomic E-state index is -0.427. The normalized spacial score (nSPS) is 11.3. The van der Waals surface area contributed by atoms with E-state index in [1.165, 1.54) is 18.2 Å². The van der Waals surface area contributed by atoms with Crippen molar-refractivity contribution in [2.45, 2.75) is 26.9 Å². The lowest BCUT2D eigenvalue weighted by Gasteiger charge is -2.10. The summed E-state index contributed by atoms with van der Waals surface area (Å²) >= 11 is 0. The van der Waals surface area contributed by atoms with E-state index in [0.29, 0.717) is 5.71 Å². The Morgan fingerprint density at radius 2 is 1.88 bits per heavy atom. The van der Waals surface area contributed by atoms with Crippen LogP contribution in [-0.4, -0.2) is 24.3 Å². The predicted octanol–water partition coefficient (Wildman–Crippen LogP) is 3.53. The predicted molar refractivity (Wildman–Crippen MR) is 94.5 cm³/mol. The lowest BCUT2D eigenvalue weighted by molar-refractivity contribution is -0.123. The lowest BCUT2D eigenvalue weighted by atomic mass is 10.1. The summed E-state index contributed by atoms with van der Waals surface area (Å²) in [6.07, 6.45) is 0.109. The molecule has 25 heavy (non-hydrogen) atoms. The van der Waals surface area contributed by atoms with Gasteiger partial charge in [-0.3, -0.25) is 4.79 Å². The van der Waals surface area contributed by atoms with Gasteiger partial charge in [-0.15, -0.1) is 0 Å². The Kier molecular flexibility index (Phi) is 6.51. The Morgan fingerprint density at radius 3 is 2.52 bits per heavy atom. The van der Waals surface area contributed by atoms with Gasteiger partial charge < -0.3 is 9.47 Å². The molecule has 2 rings (SSSR count). The Morgan fingerprint density at radius 1 is 1.16 bits per heavy atom. The van der Waals surface area contributed by atoms with Gasteiger partial charge in [0, 0.05) is 6.07 Å². The van der Waals surface area contributed by atoms with Crippen LogP contribution in [-0.2, 0) is 4.79 Å². The zero-order chi connectivity index (χ0) is 18.2. The molecule has 0 unspecified atom stereocenters. The summed E-state index contributed by atoms with van der Waals surface area (Å²) in [5.41, 5.74) is 3.92. The molecule has 0 saturated heterocycles. The molecule has 0 spiro atoms. The standard InChI is InChI=1S/C19H21FN2O3/c1-13(2)25-17-9-7-15(8-10-17)14(3)21-22-19(23)12-24-18-6-4-5-16(20)11-18/h4-11,13H,12H2,1-3H3,(H,22,23)/b21-14-. The number of rotatable bonds is 7. The third-order valence-corrected chi connectivity index (χ3v) is 3.16. The first-order valence-corrected chi connectivity index (χ1v) is 7.92. The summed E-state index contributed by atoms with van der Waals surface area (Å²) in [4.78, 5) is 11.8. The van der Waals surface area contributed by atoms with Crippen LogP contribution in [0.3, 0.4) is 0 Å². The second-order valence-electron chi connectivity index (χ2n) is 5.67. The van der Waals surface area contributed by atoms with Gasteiger partial charge in [-0.05, 0) is 62.7 Å². The highest BCUT2D eigenvalue weighted by Crippen LogP contribution is 2.14. The topological polar surface area (TPSA) is 59.9 Å². The van der Waals surface area contributed by atoms with Crippen molar-refractivity contribution < 1.29 is 18.7 Å². The van der Waals surface area contributed by atoms with Crippen LogP contribution in [0.4, 0.5) is 4.39 Å². The van der Waals surface area contributed by atoms with E-state index < -0.39 is 11.7 Å². The van der Waals surface area contributed by atoms with E-state index in [9.17, 15) is 9.18 Å². The number of hydrazone groups is 1. The molecule has 0 fully saturated rings. The van der Waals surface area contributed by atoms with Crippen LogP contribution < -0.4 is 14.9 Å². The number of halogens is 1. The Hall–Kier alpha value is -2.89. The maximum absolute atomic E-state index is 13.0. The third-order valence-electron chi connectivity index (χ3n) is 3.16. The second-order valence-corrected chi connectivity index (χ2v) is 5.67. The van der Waals surface area contributed by atoms with E-state index >= 15 is 0 Å². The molecule has 2 aromatic carbocycles. The molecular formula is C19H21FN2O3. The molecule has 0 atom stereocenters. The number of hydrogen-bond donors (Lipinski definition) is 1. The van der Waals surface area contributed by atoms with Crippen LogP contribution in [0.5, 0.6) is 11.5 Å². The summed E-state index contributed by atoms with van der Waals surface area (Å²) in [6, 6.07) is 13.0. The molecule has 0 aromatic heterocycles. The van der Waals surface area contributed by atoms with E-state index in [1.807, 2.05) is 38.1 Å². The maximum Gasteiger partial charge on any atom is 0.277 e. The number of amides is 1. The molecule has 0 saturated carbocycles. The van der Waals surface area contributed by atoms with E-state index in [2.05, 4.69) is 10.5 Å². The van der Waals surface area contributed by atoms with Gasteiger partial charge in [-0.2, -0.15) is 5.10 Å². The van der Waals surface area contributed by atoms with E-state index in [-0.39, 0.29) is 18.5 Å². The van der Waals surface area contributed by atoms with Crippen molar-refractivity contribution in [3.8, 4) is 11.5 Å². The molecular weight excluding hydrogens is 323 g/mol. The largest absolute Gasteiger partial charge is 0.491 e. The minimum Gasteiger partial charge on any atom is -0.491 e. The van der Waals surface area contributed by atoms with Crippen molar-refractivity contribution in [3.05, 3.63) is 59.9 Å². The maximum atomic E-state index is 13.0. The number of hydrogen-bond acceptors (Lipinski definition) is 4. The van der Waals surface area contributed by atoms with E-state index in [4.69, 9.17) is 9.47 Å². The molecule has 1 N–H and O–H groups in total. The zero-order valence-corrected chi connectivity index (χ0v) is 14.5. The molecule has 0 aliphatic heterocycles. The monoisotopic (exact) mass is 344 g/mol. The van der Waals surface area contributed by atoms with Gasteiger partial charge in [0.15, 0.2) is 6.61 Å². The number of carbonyl (C=O) groups is 1. The summed E-state index contributed by atoms with van der Waals surface area (Å²) in [7, 11) is 0. The van der Waals surface area contributed by atoms with Crippen molar-refractivity contribution in [2.75, 3.05) is 6.61 Å². The van der Waals surface area contributed by atoms with Crippen LogP contribution in [0.1, 0.15) is 26.3 Å². The fourth-order valence-corrected chi connectivity index (χ4v) is 2.00. The first kappa shape index (κ1) is 18.4. The Balaban J connectivity index is 1.86. The van der Waals surface area contributed by atoms with Crippen molar-refractivity contribution in [1.29, 1.82) is 0 Å². The SMILES string of the molecule is C/C(=N/NC(=O)COc1cccc(F)c1)c1ccc(OC(C)C)cc1. The second kappa shape index (κ2) is 8.82. The highest BCUT2D eigenvalue weighted by atomic mass is 19.1. The average Bonchev–Trinajstić information content (AvgIpc) is 2.58. The van der Waals surface area contributed by atoms with Gasteiger partial charge in [0.05, 0.1) is 11.8 Å². The van der Waals surface area contributed by atoms with Crippen LogP contribution in [0.25, 0.3) is 0 Å². The zero-order valence-electron chi connectivity index (χ0n) is 14.5. The van der Waals surface area contributed by atoms with Gasteiger partial charge in [0.1, 0.15) is 17.3 Å². The minimum absolute atomic E-state index is 0.109. The van der Waals surface area contributed by atoms with E-state index in [1.54, 1.807) is 13.0 Å². The van der Waals surface area contributed by atoms with E-state index in [0.717, 1.165) is 11.3 Å². The molecule has 132 valence electrons. The van der Waals surface area contributed by atoms with Crippen molar-refractivity contribution in [3.63, 3.8) is 0 Å². The summed E-state index contributed by atoms with van der Waals surface area (Å²) < 4.78 is 23.8. The number of carbonyl (C=O) groups excluding carboxylic acids is 1. The van der Waals surface area contributed by atoms with Crippen molar-refractivity contribution in [2.24, 2.45) is 5.10 Å². The number of nitrogens with one attached hydrogen (secondary N) is 1. The van der Waals surface area contributed by atoms with Crippen molar-refractivity contribution in [1.82, 2.24) is 5.43 Å². The molecule has 0 aliphatic carbocycles. The van der Waals surface area contributed by atoms with Crippen molar-refractivity contribution >= 4 is 11.6 Å². The highest BCUT2D eigenvalue weighted by molar-refractivity contribution is 5.99. The quantitative estimate of drug-likeness (QED) is 0.617. The fourth-order valence-electron chi connectivity index (χ4n) is 2.00. The number of nitrogens with zero attached hydrogens (tertiary/aromatic N) is 1. The first-order chi connectivity index (χ1) is 11.9. The summed E-state index contributed by atoms with van der Waals surface area (Å²) in [6.45, 7) is 5.46. The van der Waals surface area contributed by atoms with Crippen LogP contribution in [0, 0.1) is 5.82 Å². The first-order valence-electron chi connectivity index (χ1n) is 7.92. The number of benzene rings is 2. The van der Waals surface area contributed by atoms with Gasteiger partial charge in [0.25, 0.3) is 5.91 Å². The van der Waals surface area contributed by atoms with Gasteiger partial charge in [0.2, 0.25) is 0 Å². The Bertz CT molecular complexity index is 743. The summed E-state index contributed by atoms with van der Waals surface area (Å²) in [5.74, 6) is 0.218.